The van der Waals surface area contributed by atoms with Gasteiger partial charge in [0.25, 0.3) is 0 Å². The number of thioether (sulfide) groups is 1. The van der Waals surface area contributed by atoms with Gasteiger partial charge in [-0.3, -0.25) is 9.59 Å². The number of imidazole rings is 1. The molecular weight excluding hydrogens is 320 g/mol. The van der Waals surface area contributed by atoms with Crippen LogP contribution in [0.4, 0.5) is 0 Å². The summed E-state index contributed by atoms with van der Waals surface area (Å²) < 4.78 is 0. The van der Waals surface area contributed by atoms with Crippen molar-refractivity contribution in [2.45, 2.75) is 24.9 Å². The smallest absolute Gasteiger partial charge is 0.196 e. The number of carbonyl (C=O) groups excluding carboxylic acids is 2. The number of fused-ring (bicyclic) bond motifs is 4. The molecule has 5 heteroatoms. The Balaban J connectivity index is 1.85. The molecule has 0 fully saturated rings. The predicted molar refractivity (Wildman–Crippen MR) is 95.0 cm³/mol. The molecule has 0 radical (unpaired) electrons. The number of benzene rings is 2. The minimum atomic E-state index is -0.112. The van der Waals surface area contributed by atoms with Crippen LogP contribution in [0, 0.1) is 0 Å². The number of aromatic nitrogens is 2. The molecule has 1 aromatic heterocycles. The second-order valence-electron chi connectivity index (χ2n) is 5.83. The second kappa shape index (κ2) is 5.91. The summed E-state index contributed by atoms with van der Waals surface area (Å²) in [6.45, 7) is 2.15. The summed E-state index contributed by atoms with van der Waals surface area (Å²) in [7, 11) is 0. The first kappa shape index (κ1) is 15.1. The largest absolute Gasteiger partial charge is 0.332 e. The number of unbranched alkanes of at least 4 members (excludes halogenated alkanes) is 1. The van der Waals surface area contributed by atoms with Crippen LogP contribution in [-0.2, 0) is 0 Å². The lowest BCUT2D eigenvalue weighted by Gasteiger charge is -2.17. The first-order valence-corrected chi connectivity index (χ1v) is 9.03. The Labute approximate surface area is 143 Å². The molecule has 1 heterocycles. The third-order valence-corrected chi connectivity index (χ3v) is 5.22. The van der Waals surface area contributed by atoms with Crippen LogP contribution in [0.2, 0.25) is 0 Å². The molecule has 0 atom stereocenters. The van der Waals surface area contributed by atoms with Gasteiger partial charge >= 0.3 is 0 Å². The summed E-state index contributed by atoms with van der Waals surface area (Å²) in [6.07, 6.45) is 2.25. The fourth-order valence-electron chi connectivity index (χ4n) is 3.02. The molecular formula is C19H16N2O2S. The quantitative estimate of drug-likeness (QED) is 0.447. The molecule has 0 bridgehead atoms. The van der Waals surface area contributed by atoms with Crippen molar-refractivity contribution in [1.82, 2.24) is 9.97 Å². The SMILES string of the molecule is CCCCSc1nc2ccc3c(c2[nH]1)C(=O)c1ccccc1C3=O. The predicted octanol–water partition coefficient (Wildman–Crippen LogP) is 4.23. The van der Waals surface area contributed by atoms with Gasteiger partial charge in [-0.1, -0.05) is 49.4 Å². The maximum atomic E-state index is 12.9. The number of aromatic amines is 1. The van der Waals surface area contributed by atoms with E-state index in [4.69, 9.17) is 0 Å². The zero-order valence-corrected chi connectivity index (χ0v) is 14.1. The molecule has 120 valence electrons. The molecule has 4 rings (SSSR count). The number of ketones is 2. The molecule has 1 aliphatic carbocycles. The van der Waals surface area contributed by atoms with Crippen LogP contribution in [0.1, 0.15) is 51.6 Å². The van der Waals surface area contributed by atoms with Gasteiger partial charge in [0.05, 0.1) is 16.6 Å². The minimum absolute atomic E-state index is 0.100. The summed E-state index contributed by atoms with van der Waals surface area (Å²) in [5, 5.41) is 0.797. The van der Waals surface area contributed by atoms with Crippen molar-refractivity contribution in [2.24, 2.45) is 0 Å². The Morgan fingerprint density at radius 3 is 2.50 bits per heavy atom. The fourth-order valence-corrected chi connectivity index (χ4v) is 3.98. The Kier molecular flexibility index (Phi) is 3.73. The van der Waals surface area contributed by atoms with Crippen molar-refractivity contribution in [2.75, 3.05) is 5.75 Å². The van der Waals surface area contributed by atoms with Crippen molar-refractivity contribution < 1.29 is 9.59 Å². The van der Waals surface area contributed by atoms with Crippen LogP contribution in [-0.4, -0.2) is 27.3 Å². The Morgan fingerprint density at radius 2 is 1.75 bits per heavy atom. The molecule has 1 N–H and O–H groups in total. The number of carbonyl (C=O) groups is 2. The zero-order valence-electron chi connectivity index (χ0n) is 13.3. The van der Waals surface area contributed by atoms with Gasteiger partial charge in [0.1, 0.15) is 0 Å². The normalized spacial score (nSPS) is 13.2. The zero-order chi connectivity index (χ0) is 16.7. The molecule has 3 aromatic rings. The topological polar surface area (TPSA) is 62.8 Å². The third kappa shape index (κ3) is 2.27. The average molecular weight is 336 g/mol. The third-order valence-electron chi connectivity index (χ3n) is 4.26. The van der Waals surface area contributed by atoms with E-state index in [1.807, 2.05) is 6.07 Å². The molecule has 0 amide bonds. The van der Waals surface area contributed by atoms with E-state index in [1.54, 1.807) is 42.1 Å². The van der Waals surface area contributed by atoms with E-state index in [-0.39, 0.29) is 11.6 Å². The van der Waals surface area contributed by atoms with Crippen LogP contribution in [0.3, 0.4) is 0 Å². The average Bonchev–Trinajstić information content (AvgIpc) is 3.02. The number of rotatable bonds is 4. The fraction of sp³-hybridized carbons (Fsp3) is 0.211. The van der Waals surface area contributed by atoms with Gasteiger partial charge in [0.2, 0.25) is 0 Å². The van der Waals surface area contributed by atoms with E-state index in [9.17, 15) is 9.59 Å². The molecule has 0 saturated heterocycles. The van der Waals surface area contributed by atoms with Gasteiger partial charge in [0, 0.05) is 22.4 Å². The Hall–Kier alpha value is -2.40. The highest BCUT2D eigenvalue weighted by Crippen LogP contribution is 2.32. The number of nitrogens with zero attached hydrogens (tertiary/aromatic N) is 1. The Morgan fingerprint density at radius 1 is 1.00 bits per heavy atom. The molecule has 0 saturated carbocycles. The van der Waals surface area contributed by atoms with Gasteiger partial charge in [-0.2, -0.15) is 0 Å². The van der Waals surface area contributed by atoms with E-state index in [1.165, 1.54) is 0 Å². The van der Waals surface area contributed by atoms with E-state index >= 15 is 0 Å². The van der Waals surface area contributed by atoms with Gasteiger partial charge in [0.15, 0.2) is 16.7 Å². The van der Waals surface area contributed by atoms with Crippen molar-refractivity contribution >= 4 is 34.4 Å². The van der Waals surface area contributed by atoms with Gasteiger partial charge in [-0.15, -0.1) is 0 Å². The first-order chi connectivity index (χ1) is 11.7. The highest BCUT2D eigenvalue weighted by molar-refractivity contribution is 7.99. The highest BCUT2D eigenvalue weighted by atomic mass is 32.2. The standard InChI is InChI=1S/C19H16N2O2S/c1-2-3-10-24-19-20-14-9-8-13-15(16(14)21-19)18(23)12-7-5-4-6-11(12)17(13)22/h4-9H,2-3,10H2,1H3,(H,20,21). The lowest BCUT2D eigenvalue weighted by atomic mass is 9.83. The van der Waals surface area contributed by atoms with E-state index in [2.05, 4.69) is 16.9 Å². The first-order valence-electron chi connectivity index (χ1n) is 8.04. The Bertz CT molecular complexity index is 975. The van der Waals surface area contributed by atoms with Crippen LogP contribution in [0.25, 0.3) is 11.0 Å². The molecule has 24 heavy (non-hydrogen) atoms. The maximum absolute atomic E-state index is 12.9. The van der Waals surface area contributed by atoms with E-state index in [0.717, 1.165) is 29.3 Å². The second-order valence-corrected chi connectivity index (χ2v) is 6.91. The van der Waals surface area contributed by atoms with Crippen LogP contribution in [0.5, 0.6) is 0 Å². The lowest BCUT2D eigenvalue weighted by molar-refractivity contribution is 0.0980. The summed E-state index contributed by atoms with van der Waals surface area (Å²) >= 11 is 1.65. The number of H-pyrrole nitrogens is 1. The molecule has 2 aromatic carbocycles. The number of nitrogens with one attached hydrogen (secondary N) is 1. The van der Waals surface area contributed by atoms with Gasteiger partial charge in [-0.05, 0) is 18.6 Å². The molecule has 4 nitrogen and oxygen atoms in total. The van der Waals surface area contributed by atoms with E-state index < -0.39 is 0 Å². The van der Waals surface area contributed by atoms with Crippen molar-refractivity contribution in [3.63, 3.8) is 0 Å². The molecule has 0 unspecified atom stereocenters. The summed E-state index contributed by atoms with van der Waals surface area (Å²) in [5.74, 6) is 0.769. The van der Waals surface area contributed by atoms with Crippen LogP contribution < -0.4 is 0 Å². The lowest BCUT2D eigenvalue weighted by Crippen LogP contribution is -2.21. The van der Waals surface area contributed by atoms with Crippen LogP contribution in [0.15, 0.2) is 41.6 Å². The minimum Gasteiger partial charge on any atom is -0.332 e. The molecule has 0 aliphatic heterocycles. The van der Waals surface area contributed by atoms with Gasteiger partial charge < -0.3 is 4.98 Å². The summed E-state index contributed by atoms with van der Waals surface area (Å²) in [6, 6.07) is 10.5. The van der Waals surface area contributed by atoms with E-state index in [0.29, 0.717) is 27.8 Å². The monoisotopic (exact) mass is 336 g/mol. The van der Waals surface area contributed by atoms with Crippen molar-refractivity contribution in [1.29, 1.82) is 0 Å². The van der Waals surface area contributed by atoms with Crippen LogP contribution >= 0.6 is 11.8 Å². The summed E-state index contributed by atoms with van der Waals surface area (Å²) in [4.78, 5) is 33.4. The molecule has 0 spiro atoms. The van der Waals surface area contributed by atoms with Gasteiger partial charge in [-0.25, -0.2) is 4.98 Å². The number of hydrogen-bond acceptors (Lipinski definition) is 4. The molecule has 1 aliphatic rings. The maximum Gasteiger partial charge on any atom is 0.196 e. The van der Waals surface area contributed by atoms with Crippen molar-refractivity contribution in [3.8, 4) is 0 Å². The number of hydrogen-bond donors (Lipinski definition) is 1. The highest BCUT2D eigenvalue weighted by Gasteiger charge is 2.31. The van der Waals surface area contributed by atoms with Crippen molar-refractivity contribution in [3.05, 3.63) is 58.7 Å². The summed E-state index contributed by atoms with van der Waals surface area (Å²) in [5.41, 5.74) is 3.25.